The third-order valence-electron chi connectivity index (χ3n) is 5.62. The summed E-state index contributed by atoms with van der Waals surface area (Å²) >= 11 is 8.53. The van der Waals surface area contributed by atoms with Gasteiger partial charge in [0.2, 0.25) is 0 Å². The molecule has 1 aliphatic carbocycles. The van der Waals surface area contributed by atoms with E-state index < -0.39 is 26.9 Å². The molecular weight excluding hydrogens is 474 g/mol. The number of hydrogen-bond donors (Lipinski definition) is 2. The van der Waals surface area contributed by atoms with Crippen LogP contribution in [-0.2, 0) is 20.2 Å². The van der Waals surface area contributed by atoms with Crippen molar-refractivity contribution in [2.75, 3.05) is 12.0 Å². The van der Waals surface area contributed by atoms with Crippen LogP contribution in [0.1, 0.15) is 12.0 Å². The highest BCUT2D eigenvalue weighted by atomic mass is 35.5. The quantitative estimate of drug-likeness (QED) is 0.467. The molecule has 1 fully saturated rings. The van der Waals surface area contributed by atoms with Crippen LogP contribution in [0.5, 0.6) is 0 Å². The lowest BCUT2D eigenvalue weighted by atomic mass is 9.92. The lowest BCUT2D eigenvalue weighted by molar-refractivity contribution is -0.140. The van der Waals surface area contributed by atoms with E-state index >= 15 is 0 Å². The SMILES string of the molecule is CSCC1(c2ccccc2)CC1(NS(=O)(=O)c1ccc(-c2ccc(Cl)cc2)s1)C(=O)O. The fourth-order valence-electron chi connectivity index (χ4n) is 3.99. The molecule has 4 rings (SSSR count). The molecule has 162 valence electrons. The van der Waals surface area contributed by atoms with Crippen LogP contribution in [0.25, 0.3) is 10.4 Å². The summed E-state index contributed by atoms with van der Waals surface area (Å²) in [5, 5.41) is 10.7. The van der Waals surface area contributed by atoms with Gasteiger partial charge < -0.3 is 5.11 Å². The Labute approximate surface area is 194 Å². The van der Waals surface area contributed by atoms with E-state index in [1.807, 2.05) is 48.7 Å². The number of thioether (sulfide) groups is 1. The van der Waals surface area contributed by atoms with Crippen molar-refractivity contribution in [3.8, 4) is 10.4 Å². The molecule has 3 aromatic rings. The van der Waals surface area contributed by atoms with Crippen LogP contribution < -0.4 is 4.72 Å². The number of nitrogens with one attached hydrogen (secondary N) is 1. The van der Waals surface area contributed by atoms with Gasteiger partial charge in [0, 0.05) is 21.1 Å². The molecule has 0 amide bonds. The van der Waals surface area contributed by atoms with Crippen molar-refractivity contribution >= 4 is 50.7 Å². The van der Waals surface area contributed by atoms with Gasteiger partial charge >= 0.3 is 5.97 Å². The Bertz CT molecular complexity index is 1210. The van der Waals surface area contributed by atoms with E-state index in [4.69, 9.17) is 11.6 Å². The van der Waals surface area contributed by atoms with E-state index in [1.54, 1.807) is 18.2 Å². The van der Waals surface area contributed by atoms with Crippen LogP contribution >= 0.6 is 34.7 Å². The molecule has 1 saturated carbocycles. The lowest BCUT2D eigenvalue weighted by Crippen LogP contribution is -2.49. The first-order valence-electron chi connectivity index (χ1n) is 9.42. The highest BCUT2D eigenvalue weighted by Crippen LogP contribution is 2.60. The molecule has 5 nitrogen and oxygen atoms in total. The minimum absolute atomic E-state index is 0.0797. The average molecular weight is 494 g/mol. The molecule has 0 radical (unpaired) electrons. The standard InChI is InChI=1S/C22H20ClNO4S3/c1-29-14-21(16-5-3-2-4-6-16)13-22(21,20(25)26)24-31(27,28)19-12-11-18(30-19)15-7-9-17(23)10-8-15/h2-12,24H,13-14H2,1H3,(H,25,26). The fourth-order valence-corrected chi connectivity index (χ4v) is 7.86. The number of aliphatic carboxylic acids is 1. The third kappa shape index (κ3) is 3.91. The first-order chi connectivity index (χ1) is 14.7. The monoisotopic (exact) mass is 493 g/mol. The number of rotatable bonds is 8. The van der Waals surface area contributed by atoms with Crippen molar-refractivity contribution < 1.29 is 18.3 Å². The van der Waals surface area contributed by atoms with Gasteiger partial charge in [-0.2, -0.15) is 16.5 Å². The summed E-state index contributed by atoms with van der Waals surface area (Å²) in [4.78, 5) is 13.1. The Morgan fingerprint density at radius 3 is 2.42 bits per heavy atom. The maximum Gasteiger partial charge on any atom is 0.325 e. The minimum atomic E-state index is -4.04. The summed E-state index contributed by atoms with van der Waals surface area (Å²) in [5.41, 5.74) is -0.720. The Morgan fingerprint density at radius 2 is 1.81 bits per heavy atom. The highest BCUT2D eigenvalue weighted by molar-refractivity contribution is 7.98. The number of sulfonamides is 1. The van der Waals surface area contributed by atoms with Gasteiger partial charge in [-0.1, -0.05) is 54.1 Å². The molecule has 2 atom stereocenters. The smallest absolute Gasteiger partial charge is 0.325 e. The van der Waals surface area contributed by atoms with Crippen LogP contribution in [0.3, 0.4) is 0 Å². The zero-order valence-corrected chi connectivity index (χ0v) is 19.7. The van der Waals surface area contributed by atoms with E-state index in [2.05, 4.69) is 4.72 Å². The highest BCUT2D eigenvalue weighted by Gasteiger charge is 2.74. The average Bonchev–Trinajstić information content (AvgIpc) is 3.12. The van der Waals surface area contributed by atoms with E-state index in [-0.39, 0.29) is 10.6 Å². The number of carbonyl (C=O) groups is 1. The van der Waals surface area contributed by atoms with E-state index in [1.165, 1.54) is 17.8 Å². The summed E-state index contributed by atoms with van der Waals surface area (Å²) in [6.07, 6.45) is 2.09. The molecular formula is C22H20ClNO4S3. The maximum absolute atomic E-state index is 13.2. The van der Waals surface area contributed by atoms with Crippen LogP contribution in [0.15, 0.2) is 70.9 Å². The molecule has 1 aromatic heterocycles. The number of carboxylic acids is 1. The first-order valence-corrected chi connectivity index (χ1v) is 13.5. The zero-order valence-electron chi connectivity index (χ0n) is 16.5. The van der Waals surface area contributed by atoms with Gasteiger partial charge in [0.1, 0.15) is 9.75 Å². The van der Waals surface area contributed by atoms with Crippen LogP contribution in [0, 0.1) is 0 Å². The molecule has 9 heteroatoms. The minimum Gasteiger partial charge on any atom is -0.480 e. The fraction of sp³-hybridized carbons (Fsp3) is 0.227. The van der Waals surface area contributed by atoms with E-state index in [0.29, 0.717) is 10.8 Å². The summed E-state index contributed by atoms with van der Waals surface area (Å²) < 4.78 is 29.1. The van der Waals surface area contributed by atoms with Gasteiger partial charge in [-0.25, -0.2) is 8.42 Å². The van der Waals surface area contributed by atoms with Crippen molar-refractivity contribution in [3.63, 3.8) is 0 Å². The topological polar surface area (TPSA) is 83.5 Å². The van der Waals surface area contributed by atoms with Crippen LogP contribution in [0.4, 0.5) is 0 Å². The Morgan fingerprint density at radius 1 is 1.13 bits per heavy atom. The summed E-state index contributed by atoms with van der Waals surface area (Å²) in [6.45, 7) is 0. The number of halogens is 1. The zero-order chi connectivity index (χ0) is 22.3. The predicted octanol–water partition coefficient (Wildman–Crippen LogP) is 4.87. The molecule has 2 aromatic carbocycles. The van der Waals surface area contributed by atoms with Gasteiger partial charge in [-0.3, -0.25) is 4.79 Å². The predicted molar refractivity (Wildman–Crippen MR) is 127 cm³/mol. The number of thiophene rings is 1. The van der Waals surface area contributed by atoms with Crippen molar-refractivity contribution in [3.05, 3.63) is 77.3 Å². The van der Waals surface area contributed by atoms with Crippen molar-refractivity contribution in [2.24, 2.45) is 0 Å². The molecule has 1 aliphatic rings. The molecule has 0 bridgehead atoms. The summed E-state index contributed by atoms with van der Waals surface area (Å²) in [6, 6.07) is 19.6. The van der Waals surface area contributed by atoms with Gasteiger partial charge in [-0.15, -0.1) is 11.3 Å². The second kappa shape index (κ2) is 8.26. The van der Waals surface area contributed by atoms with Gasteiger partial charge in [0.25, 0.3) is 10.0 Å². The Balaban J connectivity index is 1.68. The largest absolute Gasteiger partial charge is 0.480 e. The molecule has 1 heterocycles. The molecule has 0 spiro atoms. The number of hydrogen-bond acceptors (Lipinski definition) is 5. The number of benzene rings is 2. The molecule has 31 heavy (non-hydrogen) atoms. The first kappa shape index (κ1) is 22.4. The maximum atomic E-state index is 13.2. The number of carboxylic acid groups (broad SMARTS) is 1. The van der Waals surface area contributed by atoms with Crippen molar-refractivity contribution in [2.45, 2.75) is 21.6 Å². The Kier molecular flexibility index (Phi) is 5.95. The normalized spacial score (nSPS) is 22.9. The van der Waals surface area contributed by atoms with E-state index in [9.17, 15) is 18.3 Å². The lowest BCUT2D eigenvalue weighted by Gasteiger charge is -2.23. The second-order valence-electron chi connectivity index (χ2n) is 7.50. The summed E-state index contributed by atoms with van der Waals surface area (Å²) in [5.74, 6) is -0.671. The van der Waals surface area contributed by atoms with Crippen molar-refractivity contribution in [1.29, 1.82) is 0 Å². The van der Waals surface area contributed by atoms with Gasteiger partial charge in [-0.05, 0) is 48.1 Å². The molecule has 0 saturated heterocycles. The van der Waals surface area contributed by atoms with Crippen molar-refractivity contribution in [1.82, 2.24) is 4.72 Å². The molecule has 2 N–H and O–H groups in total. The van der Waals surface area contributed by atoms with E-state index in [0.717, 1.165) is 27.3 Å². The second-order valence-corrected chi connectivity index (χ2v) is 11.8. The van der Waals surface area contributed by atoms with Crippen LogP contribution in [-0.4, -0.2) is 37.0 Å². The van der Waals surface area contributed by atoms with Crippen LogP contribution in [0.2, 0.25) is 5.02 Å². The third-order valence-corrected chi connectivity index (χ3v) is 9.78. The molecule has 0 aliphatic heterocycles. The molecule has 2 unspecified atom stereocenters. The van der Waals surface area contributed by atoms with Gasteiger partial charge in [0.15, 0.2) is 0 Å². The Hall–Kier alpha value is -1.84. The summed E-state index contributed by atoms with van der Waals surface area (Å²) in [7, 11) is -4.04. The van der Waals surface area contributed by atoms with Gasteiger partial charge in [0.05, 0.1) is 0 Å².